The quantitative estimate of drug-likeness (QED) is 0.341. The topological polar surface area (TPSA) is 119 Å². The molecule has 2 aromatic carbocycles. The first-order valence-electron chi connectivity index (χ1n) is 8.25. The number of non-ortho nitro benzene ring substituents is 1. The molecule has 0 saturated heterocycles. The van der Waals surface area contributed by atoms with Crippen LogP contribution in [0.25, 0.3) is 0 Å². The number of fused-ring (bicyclic) bond motifs is 3. The largest absolute Gasteiger partial charge is 0.506 e. The number of nitro benzene ring substituents is 2. The molecule has 0 amide bonds. The molecule has 1 heterocycles. The molecule has 2 aliphatic rings. The summed E-state index contributed by atoms with van der Waals surface area (Å²) in [6.45, 7) is 0. The molecular weight excluding hydrogens is 374 g/mol. The second-order valence-electron chi connectivity index (χ2n) is 6.60. The Morgan fingerprint density at radius 1 is 1.15 bits per heavy atom. The number of allylic oxidation sites excluding steroid dienone is 2. The van der Waals surface area contributed by atoms with E-state index in [2.05, 4.69) is 5.32 Å². The number of benzene rings is 2. The molecule has 1 aliphatic carbocycles. The van der Waals surface area contributed by atoms with Crippen molar-refractivity contribution in [1.82, 2.24) is 0 Å². The Morgan fingerprint density at radius 3 is 2.48 bits per heavy atom. The van der Waals surface area contributed by atoms with Gasteiger partial charge in [-0.1, -0.05) is 35.9 Å². The number of nitrogens with one attached hydrogen (secondary N) is 1. The van der Waals surface area contributed by atoms with Crippen LogP contribution in [-0.2, 0) is 0 Å². The van der Waals surface area contributed by atoms with Crippen molar-refractivity contribution in [3.05, 3.63) is 78.9 Å². The van der Waals surface area contributed by atoms with Gasteiger partial charge in [0, 0.05) is 24.1 Å². The fourth-order valence-electron chi connectivity index (χ4n) is 4.03. The zero-order valence-electron chi connectivity index (χ0n) is 13.8. The van der Waals surface area contributed by atoms with Crippen LogP contribution in [0.1, 0.15) is 29.5 Å². The molecule has 9 heteroatoms. The molecule has 27 heavy (non-hydrogen) atoms. The van der Waals surface area contributed by atoms with E-state index in [4.69, 9.17) is 11.6 Å². The summed E-state index contributed by atoms with van der Waals surface area (Å²) in [7, 11) is 0. The number of anilines is 1. The smallest absolute Gasteiger partial charge is 0.293 e. The fourth-order valence-corrected chi connectivity index (χ4v) is 4.30. The molecule has 0 spiro atoms. The number of hydrogen-bond donors (Lipinski definition) is 2. The van der Waals surface area contributed by atoms with Crippen LogP contribution in [0.2, 0.25) is 5.02 Å². The van der Waals surface area contributed by atoms with Crippen molar-refractivity contribution < 1.29 is 15.0 Å². The van der Waals surface area contributed by atoms with Crippen LogP contribution in [0.15, 0.2) is 42.5 Å². The Hall–Kier alpha value is -3.13. The van der Waals surface area contributed by atoms with E-state index in [0.29, 0.717) is 12.0 Å². The summed E-state index contributed by atoms with van der Waals surface area (Å²) in [5.41, 5.74) is 1.24. The number of halogens is 1. The molecule has 3 atom stereocenters. The molecule has 0 aromatic heterocycles. The van der Waals surface area contributed by atoms with Crippen molar-refractivity contribution in [3.63, 3.8) is 0 Å². The number of rotatable bonds is 3. The highest BCUT2D eigenvalue weighted by Gasteiger charge is 2.43. The van der Waals surface area contributed by atoms with E-state index >= 15 is 0 Å². The second-order valence-corrected chi connectivity index (χ2v) is 7.00. The van der Waals surface area contributed by atoms with Gasteiger partial charge in [0.1, 0.15) is 10.8 Å². The maximum absolute atomic E-state index is 11.6. The standard InChI is InChI=1S/C18H14ClN3O5/c19-13-8-14(23)17-15(18(13)22(26)27)11-2-1-3-12(11)16(20-17)9-4-6-10(7-5-9)21(24)25/h1-2,4-8,11-12,16,20,23H,3H2. The second kappa shape index (κ2) is 6.24. The van der Waals surface area contributed by atoms with Crippen LogP contribution >= 0.6 is 11.6 Å². The molecule has 0 fully saturated rings. The third-order valence-corrected chi connectivity index (χ3v) is 5.48. The minimum atomic E-state index is -0.530. The average Bonchev–Trinajstić information content (AvgIpc) is 3.11. The van der Waals surface area contributed by atoms with Gasteiger partial charge < -0.3 is 10.4 Å². The van der Waals surface area contributed by atoms with Crippen LogP contribution in [0.5, 0.6) is 5.75 Å². The lowest BCUT2D eigenvalue weighted by molar-refractivity contribution is -0.385. The van der Waals surface area contributed by atoms with Crippen LogP contribution in [0.3, 0.4) is 0 Å². The summed E-state index contributed by atoms with van der Waals surface area (Å²) in [5, 5.41) is 35.9. The summed E-state index contributed by atoms with van der Waals surface area (Å²) in [5.74, 6) is -0.478. The molecule has 0 radical (unpaired) electrons. The van der Waals surface area contributed by atoms with Gasteiger partial charge in [0.05, 0.1) is 27.1 Å². The third-order valence-electron chi connectivity index (χ3n) is 5.19. The zero-order chi connectivity index (χ0) is 19.3. The van der Waals surface area contributed by atoms with Gasteiger partial charge in [-0.25, -0.2) is 0 Å². The summed E-state index contributed by atoms with van der Waals surface area (Å²) in [6.07, 6.45) is 4.53. The normalized spacial score (nSPS) is 22.6. The van der Waals surface area contributed by atoms with E-state index in [1.165, 1.54) is 12.1 Å². The lowest BCUT2D eigenvalue weighted by atomic mass is 9.76. The van der Waals surface area contributed by atoms with Gasteiger partial charge in [-0.15, -0.1) is 0 Å². The molecule has 2 aromatic rings. The Kier molecular flexibility index (Phi) is 4.00. The van der Waals surface area contributed by atoms with Crippen molar-refractivity contribution in [3.8, 4) is 5.75 Å². The highest BCUT2D eigenvalue weighted by atomic mass is 35.5. The fraction of sp³-hybridized carbons (Fsp3) is 0.222. The summed E-state index contributed by atoms with van der Waals surface area (Å²) in [6, 6.07) is 7.08. The van der Waals surface area contributed by atoms with E-state index in [1.807, 2.05) is 12.2 Å². The monoisotopic (exact) mass is 387 g/mol. The Morgan fingerprint density at radius 2 is 1.85 bits per heavy atom. The lowest BCUT2D eigenvalue weighted by Gasteiger charge is -2.37. The first-order valence-corrected chi connectivity index (χ1v) is 8.63. The van der Waals surface area contributed by atoms with E-state index in [0.717, 1.165) is 11.6 Å². The minimum Gasteiger partial charge on any atom is -0.506 e. The van der Waals surface area contributed by atoms with Crippen LogP contribution in [-0.4, -0.2) is 15.0 Å². The van der Waals surface area contributed by atoms with Crippen molar-refractivity contribution in [2.75, 3.05) is 5.32 Å². The minimum absolute atomic E-state index is 0.0127. The van der Waals surface area contributed by atoms with Gasteiger partial charge in [0.2, 0.25) is 0 Å². The predicted octanol–water partition coefficient (Wildman–Crippen LogP) is 4.69. The highest BCUT2D eigenvalue weighted by Crippen LogP contribution is 2.56. The number of phenolic OH excluding ortho intramolecular Hbond substituents is 1. The van der Waals surface area contributed by atoms with Gasteiger partial charge in [-0.2, -0.15) is 0 Å². The van der Waals surface area contributed by atoms with Crippen molar-refractivity contribution in [2.24, 2.45) is 5.92 Å². The molecule has 8 nitrogen and oxygen atoms in total. The average molecular weight is 388 g/mol. The van der Waals surface area contributed by atoms with Crippen LogP contribution < -0.4 is 5.32 Å². The molecule has 1 aliphatic heterocycles. The van der Waals surface area contributed by atoms with Gasteiger partial charge in [0.25, 0.3) is 11.4 Å². The number of nitro groups is 2. The maximum atomic E-state index is 11.6. The van der Waals surface area contributed by atoms with Gasteiger partial charge >= 0.3 is 0 Å². The van der Waals surface area contributed by atoms with Crippen LogP contribution in [0, 0.1) is 26.1 Å². The predicted molar refractivity (Wildman–Crippen MR) is 99.2 cm³/mol. The van der Waals surface area contributed by atoms with E-state index in [1.54, 1.807) is 12.1 Å². The molecule has 138 valence electrons. The van der Waals surface area contributed by atoms with Crippen molar-refractivity contribution in [1.29, 1.82) is 0 Å². The molecule has 4 rings (SSSR count). The molecule has 3 unspecified atom stereocenters. The Balaban J connectivity index is 1.84. The van der Waals surface area contributed by atoms with Crippen molar-refractivity contribution >= 4 is 28.7 Å². The molecule has 2 N–H and O–H groups in total. The van der Waals surface area contributed by atoms with E-state index in [9.17, 15) is 25.3 Å². The first kappa shape index (κ1) is 17.3. The summed E-state index contributed by atoms with van der Waals surface area (Å²) >= 11 is 6.03. The number of nitrogens with zero attached hydrogens (tertiary/aromatic N) is 2. The van der Waals surface area contributed by atoms with E-state index in [-0.39, 0.29) is 45.7 Å². The lowest BCUT2D eigenvalue weighted by Crippen LogP contribution is -2.29. The number of phenols is 1. The molecule has 0 bridgehead atoms. The highest BCUT2D eigenvalue weighted by molar-refractivity contribution is 6.33. The van der Waals surface area contributed by atoms with E-state index < -0.39 is 9.85 Å². The molecular formula is C18H14ClN3O5. The Bertz CT molecular complexity index is 989. The zero-order valence-corrected chi connectivity index (χ0v) is 14.6. The number of aromatic hydroxyl groups is 1. The van der Waals surface area contributed by atoms with Crippen LogP contribution in [0.4, 0.5) is 17.1 Å². The van der Waals surface area contributed by atoms with Crippen molar-refractivity contribution in [2.45, 2.75) is 18.4 Å². The van der Waals surface area contributed by atoms with Gasteiger partial charge in [0.15, 0.2) is 0 Å². The SMILES string of the molecule is O=[N+]([O-])c1ccc(C2Nc3c(O)cc(Cl)c([N+](=O)[O-])c3C3C=CCC32)cc1. The van der Waals surface area contributed by atoms with Gasteiger partial charge in [-0.3, -0.25) is 20.2 Å². The molecule has 0 saturated carbocycles. The summed E-state index contributed by atoms with van der Waals surface area (Å²) in [4.78, 5) is 21.5. The first-order chi connectivity index (χ1) is 12.9. The third kappa shape index (κ3) is 2.69. The number of hydrogen-bond acceptors (Lipinski definition) is 6. The van der Waals surface area contributed by atoms with Gasteiger partial charge in [-0.05, 0) is 17.9 Å². The Labute approximate surface area is 158 Å². The summed E-state index contributed by atoms with van der Waals surface area (Å²) < 4.78 is 0. The maximum Gasteiger partial charge on any atom is 0.293 e.